The zero-order valence-electron chi connectivity index (χ0n) is 18.2. The minimum Gasteiger partial charge on any atom is -0.423 e. The fourth-order valence-electron chi connectivity index (χ4n) is 4.67. The van der Waals surface area contributed by atoms with E-state index in [2.05, 4.69) is 15.3 Å². The molecule has 1 atom stereocenters. The first-order valence-corrected chi connectivity index (χ1v) is 10.9. The SMILES string of the molecule is Nc1nc2c(c(=O)[nH]1)[C@H](c1cccc(OC(=O)c3ccccc3)c1)C1=C(N2)c2ccccc2C1=O. The quantitative estimate of drug-likeness (QED) is 0.313. The molecule has 0 bridgehead atoms. The number of aromatic nitrogens is 2. The van der Waals surface area contributed by atoms with E-state index in [0.29, 0.717) is 33.7 Å². The van der Waals surface area contributed by atoms with E-state index >= 15 is 0 Å². The zero-order chi connectivity index (χ0) is 24.1. The summed E-state index contributed by atoms with van der Waals surface area (Å²) in [5, 5.41) is 3.16. The third kappa shape index (κ3) is 3.31. The van der Waals surface area contributed by atoms with Gasteiger partial charge >= 0.3 is 5.97 Å². The summed E-state index contributed by atoms with van der Waals surface area (Å²) in [5.74, 6) is -0.889. The molecule has 0 radical (unpaired) electrons. The number of nitrogens with two attached hydrogens (primary N) is 1. The zero-order valence-corrected chi connectivity index (χ0v) is 18.2. The van der Waals surface area contributed by atoms with E-state index in [0.717, 1.165) is 5.56 Å². The van der Waals surface area contributed by atoms with Crippen molar-refractivity contribution in [2.75, 3.05) is 11.1 Å². The second-order valence-electron chi connectivity index (χ2n) is 8.26. The molecule has 2 aliphatic rings. The highest BCUT2D eigenvalue weighted by Crippen LogP contribution is 2.48. The maximum Gasteiger partial charge on any atom is 0.343 e. The number of hydrogen-bond donors (Lipinski definition) is 3. The predicted molar refractivity (Wildman–Crippen MR) is 130 cm³/mol. The molecule has 170 valence electrons. The Labute approximate surface area is 199 Å². The fourth-order valence-corrected chi connectivity index (χ4v) is 4.67. The number of fused-ring (bicyclic) bond motifs is 3. The Bertz CT molecular complexity index is 1620. The molecule has 6 rings (SSSR count). The van der Waals surface area contributed by atoms with Crippen LogP contribution < -0.4 is 21.3 Å². The molecular formula is C27H18N4O4. The smallest absolute Gasteiger partial charge is 0.343 e. The monoisotopic (exact) mass is 462 g/mol. The van der Waals surface area contributed by atoms with Gasteiger partial charge in [0.1, 0.15) is 11.6 Å². The van der Waals surface area contributed by atoms with Crippen LogP contribution in [0.2, 0.25) is 0 Å². The van der Waals surface area contributed by atoms with Crippen molar-refractivity contribution in [1.82, 2.24) is 9.97 Å². The number of rotatable bonds is 3. The summed E-state index contributed by atoms with van der Waals surface area (Å²) in [5.41, 5.74) is 8.94. The molecule has 3 aromatic carbocycles. The summed E-state index contributed by atoms with van der Waals surface area (Å²) in [7, 11) is 0. The summed E-state index contributed by atoms with van der Waals surface area (Å²) < 4.78 is 5.59. The topological polar surface area (TPSA) is 127 Å². The number of anilines is 2. The van der Waals surface area contributed by atoms with Gasteiger partial charge in [0.25, 0.3) is 5.56 Å². The van der Waals surface area contributed by atoms with Crippen LogP contribution in [0, 0.1) is 0 Å². The van der Waals surface area contributed by atoms with Crippen LogP contribution in [0.3, 0.4) is 0 Å². The van der Waals surface area contributed by atoms with E-state index in [9.17, 15) is 14.4 Å². The number of H-pyrrole nitrogens is 1. The standard InChI is InChI=1S/C27H18N4O4/c28-27-30-24-21(25(33)31-27)19(20-22(29-24)17-11-4-5-12-18(17)23(20)32)15-9-6-10-16(13-15)35-26(34)14-7-2-1-3-8-14/h1-13,19H,(H4,28,29,30,31,33)/t19-/m1/s1. The van der Waals surface area contributed by atoms with Crippen molar-refractivity contribution < 1.29 is 14.3 Å². The number of benzene rings is 3. The van der Waals surface area contributed by atoms with E-state index in [-0.39, 0.29) is 23.1 Å². The minimum atomic E-state index is -0.742. The van der Waals surface area contributed by atoms with Gasteiger partial charge in [0.15, 0.2) is 5.78 Å². The molecule has 1 aliphatic heterocycles. The number of allylic oxidation sites excluding steroid dienone is 1. The van der Waals surface area contributed by atoms with E-state index in [1.165, 1.54) is 0 Å². The lowest BCUT2D eigenvalue weighted by Gasteiger charge is -2.27. The first-order chi connectivity index (χ1) is 17.0. The molecule has 0 unspecified atom stereocenters. The lowest BCUT2D eigenvalue weighted by molar-refractivity contribution is 0.0734. The van der Waals surface area contributed by atoms with Crippen LogP contribution in [0.5, 0.6) is 5.75 Å². The first-order valence-electron chi connectivity index (χ1n) is 10.9. The normalized spacial score (nSPS) is 15.7. The number of esters is 1. The average Bonchev–Trinajstić information content (AvgIpc) is 3.15. The van der Waals surface area contributed by atoms with E-state index in [1.54, 1.807) is 60.7 Å². The van der Waals surface area contributed by atoms with Crippen LogP contribution in [0.4, 0.5) is 11.8 Å². The number of carbonyl (C=O) groups is 2. The summed E-state index contributed by atoms with van der Waals surface area (Å²) in [6.07, 6.45) is 0. The number of nitrogens with zero attached hydrogens (tertiary/aromatic N) is 1. The highest BCUT2D eigenvalue weighted by Gasteiger charge is 2.42. The van der Waals surface area contributed by atoms with Crippen LogP contribution >= 0.6 is 0 Å². The fraction of sp³-hybridized carbons (Fsp3) is 0.0370. The van der Waals surface area contributed by atoms with E-state index < -0.39 is 17.4 Å². The molecule has 8 heteroatoms. The molecule has 4 N–H and O–H groups in total. The summed E-state index contributed by atoms with van der Waals surface area (Å²) in [6, 6.07) is 22.7. The largest absolute Gasteiger partial charge is 0.423 e. The number of nitrogen functional groups attached to an aromatic ring is 1. The number of hydrogen-bond acceptors (Lipinski definition) is 7. The molecule has 0 fully saturated rings. The van der Waals surface area contributed by atoms with Gasteiger partial charge in [-0.15, -0.1) is 0 Å². The highest BCUT2D eigenvalue weighted by atomic mass is 16.5. The number of Topliss-reactive ketones (excluding diaryl/α,β-unsaturated/α-hetero) is 1. The third-order valence-electron chi connectivity index (χ3n) is 6.16. The van der Waals surface area contributed by atoms with Gasteiger partial charge in [0.05, 0.1) is 16.8 Å². The second-order valence-corrected chi connectivity index (χ2v) is 8.26. The lowest BCUT2D eigenvalue weighted by Crippen LogP contribution is -2.28. The molecular weight excluding hydrogens is 444 g/mol. The molecule has 0 saturated heterocycles. The van der Waals surface area contributed by atoms with E-state index in [4.69, 9.17) is 10.5 Å². The molecule has 1 aliphatic carbocycles. The summed E-state index contributed by atoms with van der Waals surface area (Å²) >= 11 is 0. The second kappa shape index (κ2) is 7.81. The minimum absolute atomic E-state index is 0.0350. The van der Waals surface area contributed by atoms with Crippen LogP contribution in [0.1, 0.15) is 43.3 Å². The Morgan fingerprint density at radius 1 is 0.914 bits per heavy atom. The number of carbonyl (C=O) groups excluding carboxylic acids is 2. The van der Waals surface area contributed by atoms with Crippen LogP contribution in [-0.2, 0) is 0 Å². The van der Waals surface area contributed by atoms with Crippen molar-refractivity contribution in [1.29, 1.82) is 0 Å². The van der Waals surface area contributed by atoms with Crippen LogP contribution in [0.25, 0.3) is 5.70 Å². The van der Waals surface area contributed by atoms with Crippen molar-refractivity contribution in [3.8, 4) is 5.75 Å². The summed E-state index contributed by atoms with van der Waals surface area (Å²) in [6.45, 7) is 0. The predicted octanol–water partition coefficient (Wildman–Crippen LogP) is 3.74. The maximum atomic E-state index is 13.5. The van der Waals surface area contributed by atoms with Crippen molar-refractivity contribution in [3.63, 3.8) is 0 Å². The Balaban J connectivity index is 1.49. The Morgan fingerprint density at radius 2 is 1.66 bits per heavy atom. The van der Waals surface area contributed by atoms with Gasteiger partial charge in [-0.25, -0.2) is 4.79 Å². The van der Waals surface area contributed by atoms with Crippen molar-refractivity contribution in [2.45, 2.75) is 5.92 Å². The lowest BCUT2D eigenvalue weighted by atomic mass is 9.81. The molecule has 0 saturated carbocycles. The van der Waals surface area contributed by atoms with Crippen LogP contribution in [-0.4, -0.2) is 21.7 Å². The molecule has 2 heterocycles. The third-order valence-corrected chi connectivity index (χ3v) is 6.16. The Morgan fingerprint density at radius 3 is 2.46 bits per heavy atom. The maximum absolute atomic E-state index is 13.5. The molecule has 8 nitrogen and oxygen atoms in total. The highest BCUT2D eigenvalue weighted by molar-refractivity contribution is 6.23. The van der Waals surface area contributed by atoms with Gasteiger partial charge < -0.3 is 15.8 Å². The number of aromatic amines is 1. The number of ether oxygens (including phenoxy) is 1. The van der Waals surface area contributed by atoms with Gasteiger partial charge in [-0.05, 0) is 29.8 Å². The van der Waals surface area contributed by atoms with Crippen molar-refractivity contribution >= 4 is 29.2 Å². The molecule has 1 aromatic heterocycles. The molecule has 0 spiro atoms. The number of nitrogens with one attached hydrogen (secondary N) is 2. The van der Waals surface area contributed by atoms with Crippen molar-refractivity contribution in [2.24, 2.45) is 0 Å². The molecule has 35 heavy (non-hydrogen) atoms. The van der Waals surface area contributed by atoms with Gasteiger partial charge in [-0.3, -0.25) is 14.6 Å². The Kier molecular flexibility index (Phi) is 4.60. The van der Waals surface area contributed by atoms with Gasteiger partial charge in [-0.1, -0.05) is 54.6 Å². The molecule has 4 aromatic rings. The average molecular weight is 462 g/mol. The molecule has 0 amide bonds. The van der Waals surface area contributed by atoms with E-state index in [1.807, 2.05) is 18.2 Å². The van der Waals surface area contributed by atoms with Crippen molar-refractivity contribution in [3.05, 3.63) is 123 Å². The van der Waals surface area contributed by atoms with Gasteiger partial charge in [-0.2, -0.15) is 4.98 Å². The Hall–Kier alpha value is -4.98. The summed E-state index contributed by atoms with van der Waals surface area (Å²) in [4.78, 5) is 46.0. The first kappa shape index (κ1) is 20.6. The van der Waals surface area contributed by atoms with Gasteiger partial charge in [0, 0.05) is 22.6 Å². The van der Waals surface area contributed by atoms with Gasteiger partial charge in [0.2, 0.25) is 5.95 Å². The van der Waals surface area contributed by atoms with Crippen LogP contribution in [0.15, 0.2) is 89.2 Å². The number of ketones is 1.